The zero-order chi connectivity index (χ0) is 13.8. The van der Waals surface area contributed by atoms with Crippen molar-refractivity contribution >= 4 is 11.8 Å². The molecule has 1 saturated carbocycles. The molecule has 0 aromatic rings. The number of carboxylic acid groups (broad SMARTS) is 1. The van der Waals surface area contributed by atoms with E-state index in [0.717, 1.165) is 32.1 Å². The number of carbonyl (C=O) groups excluding carboxylic acids is 1. The zero-order valence-electron chi connectivity index (χ0n) is 11.7. The summed E-state index contributed by atoms with van der Waals surface area (Å²) in [7, 11) is 0. The molecule has 3 heteroatoms. The van der Waals surface area contributed by atoms with E-state index in [-0.39, 0.29) is 12.3 Å². The Hall–Kier alpha value is -1.12. The monoisotopic (exact) mass is 264 g/mol. The molecule has 4 unspecified atom stereocenters. The normalized spacial score (nSPS) is 31.8. The summed E-state index contributed by atoms with van der Waals surface area (Å²) in [6.45, 7) is 1.74. The molecule has 0 aromatic carbocycles. The number of carbonyl (C=O) groups is 2. The Morgan fingerprint density at radius 3 is 2.47 bits per heavy atom. The Morgan fingerprint density at radius 2 is 1.79 bits per heavy atom. The van der Waals surface area contributed by atoms with E-state index in [9.17, 15) is 9.59 Å². The van der Waals surface area contributed by atoms with Gasteiger partial charge in [-0.25, -0.2) is 0 Å². The van der Waals surface area contributed by atoms with Crippen LogP contribution in [0.15, 0.2) is 12.2 Å². The summed E-state index contributed by atoms with van der Waals surface area (Å²) >= 11 is 0. The van der Waals surface area contributed by atoms with Gasteiger partial charge in [-0.15, -0.1) is 0 Å². The Kier molecular flexibility index (Phi) is 4.78. The van der Waals surface area contributed by atoms with Crippen LogP contribution >= 0.6 is 0 Å². The van der Waals surface area contributed by atoms with Gasteiger partial charge in [-0.05, 0) is 43.9 Å². The van der Waals surface area contributed by atoms with Crippen molar-refractivity contribution in [2.45, 2.75) is 51.9 Å². The highest BCUT2D eigenvalue weighted by Crippen LogP contribution is 2.50. The minimum atomic E-state index is -0.699. The highest BCUT2D eigenvalue weighted by molar-refractivity contribution is 5.80. The van der Waals surface area contributed by atoms with Crippen LogP contribution in [-0.2, 0) is 9.59 Å². The quantitative estimate of drug-likeness (QED) is 0.539. The van der Waals surface area contributed by atoms with Crippen LogP contribution in [0.3, 0.4) is 0 Å². The van der Waals surface area contributed by atoms with Crippen LogP contribution in [0.5, 0.6) is 0 Å². The second-order valence-electron chi connectivity index (χ2n) is 6.10. The first-order valence-electron chi connectivity index (χ1n) is 7.50. The minimum Gasteiger partial charge on any atom is -0.481 e. The van der Waals surface area contributed by atoms with Gasteiger partial charge in [0, 0.05) is 12.3 Å². The third-order valence-electron chi connectivity index (χ3n) is 4.77. The SMILES string of the molecule is CC(=O)C1C2C=CC(C2)C1CCCCCCC(=O)O. The fourth-order valence-corrected chi connectivity index (χ4v) is 3.93. The van der Waals surface area contributed by atoms with E-state index in [1.54, 1.807) is 6.92 Å². The molecule has 2 aliphatic rings. The predicted octanol–water partition coefficient (Wildman–Crippen LogP) is 3.44. The van der Waals surface area contributed by atoms with Gasteiger partial charge in [0.2, 0.25) is 0 Å². The summed E-state index contributed by atoms with van der Waals surface area (Å²) in [4.78, 5) is 22.2. The molecule has 0 aliphatic heterocycles. The van der Waals surface area contributed by atoms with Crippen molar-refractivity contribution in [1.29, 1.82) is 0 Å². The molecule has 0 radical (unpaired) electrons. The van der Waals surface area contributed by atoms with E-state index in [2.05, 4.69) is 12.2 Å². The molecular weight excluding hydrogens is 240 g/mol. The van der Waals surface area contributed by atoms with Crippen molar-refractivity contribution in [3.05, 3.63) is 12.2 Å². The molecule has 1 fully saturated rings. The molecule has 2 rings (SSSR count). The van der Waals surface area contributed by atoms with Gasteiger partial charge in [-0.1, -0.05) is 31.4 Å². The Balaban J connectivity index is 1.69. The topological polar surface area (TPSA) is 54.4 Å². The molecule has 0 amide bonds. The average molecular weight is 264 g/mol. The third-order valence-corrected chi connectivity index (χ3v) is 4.77. The first-order chi connectivity index (χ1) is 9.09. The Bertz CT molecular complexity index is 372. The van der Waals surface area contributed by atoms with Crippen LogP contribution in [0.25, 0.3) is 0 Å². The van der Waals surface area contributed by atoms with Gasteiger partial charge >= 0.3 is 5.97 Å². The minimum absolute atomic E-state index is 0.258. The van der Waals surface area contributed by atoms with E-state index in [1.165, 1.54) is 6.42 Å². The molecule has 19 heavy (non-hydrogen) atoms. The standard InChI is InChI=1S/C16H24O3/c1-11(17)16-13-9-8-12(10-13)14(16)6-4-2-3-5-7-15(18)19/h8-9,12-14,16H,2-7,10H2,1H3,(H,18,19). The van der Waals surface area contributed by atoms with Gasteiger partial charge in [0.25, 0.3) is 0 Å². The van der Waals surface area contributed by atoms with E-state index in [1.807, 2.05) is 0 Å². The number of unbranched alkanes of at least 4 members (excludes halogenated alkanes) is 3. The lowest BCUT2D eigenvalue weighted by molar-refractivity contribution is -0.137. The maximum atomic E-state index is 11.8. The van der Waals surface area contributed by atoms with Gasteiger partial charge in [0.1, 0.15) is 5.78 Å². The maximum Gasteiger partial charge on any atom is 0.303 e. The number of rotatable bonds is 8. The van der Waals surface area contributed by atoms with Crippen molar-refractivity contribution in [2.24, 2.45) is 23.7 Å². The van der Waals surface area contributed by atoms with Crippen LogP contribution in [0.1, 0.15) is 51.9 Å². The van der Waals surface area contributed by atoms with Gasteiger partial charge in [0.15, 0.2) is 0 Å². The van der Waals surface area contributed by atoms with E-state index < -0.39 is 5.97 Å². The van der Waals surface area contributed by atoms with Gasteiger partial charge in [-0.3, -0.25) is 9.59 Å². The second-order valence-corrected chi connectivity index (χ2v) is 6.10. The molecule has 2 bridgehead atoms. The molecular formula is C16H24O3. The number of allylic oxidation sites excluding steroid dienone is 2. The number of ketones is 1. The lowest BCUT2D eigenvalue weighted by atomic mass is 9.78. The van der Waals surface area contributed by atoms with Crippen molar-refractivity contribution < 1.29 is 14.7 Å². The predicted molar refractivity (Wildman–Crippen MR) is 73.7 cm³/mol. The number of Topliss-reactive ketones (excluding diaryl/α,β-unsaturated/α-hetero) is 1. The molecule has 4 atom stereocenters. The number of aliphatic carboxylic acids is 1. The molecule has 106 valence electrons. The molecule has 3 nitrogen and oxygen atoms in total. The molecule has 1 N–H and O–H groups in total. The van der Waals surface area contributed by atoms with Gasteiger partial charge < -0.3 is 5.11 Å². The average Bonchev–Trinajstić information content (AvgIpc) is 2.93. The van der Waals surface area contributed by atoms with Crippen molar-refractivity contribution in [3.63, 3.8) is 0 Å². The van der Waals surface area contributed by atoms with E-state index in [4.69, 9.17) is 5.11 Å². The second kappa shape index (κ2) is 6.36. The molecule has 0 saturated heterocycles. The number of carboxylic acids is 1. The van der Waals surface area contributed by atoms with Gasteiger partial charge in [-0.2, -0.15) is 0 Å². The van der Waals surface area contributed by atoms with E-state index >= 15 is 0 Å². The lowest BCUT2D eigenvalue weighted by Crippen LogP contribution is -2.25. The molecule has 2 aliphatic carbocycles. The fraction of sp³-hybridized carbons (Fsp3) is 0.750. The highest BCUT2D eigenvalue weighted by Gasteiger charge is 2.45. The molecule has 0 aromatic heterocycles. The largest absolute Gasteiger partial charge is 0.481 e. The molecule has 0 spiro atoms. The highest BCUT2D eigenvalue weighted by atomic mass is 16.4. The number of hydrogen-bond donors (Lipinski definition) is 1. The summed E-state index contributed by atoms with van der Waals surface area (Å²) < 4.78 is 0. The van der Waals surface area contributed by atoms with Crippen molar-refractivity contribution in [3.8, 4) is 0 Å². The van der Waals surface area contributed by atoms with Crippen LogP contribution in [0.4, 0.5) is 0 Å². The van der Waals surface area contributed by atoms with Crippen LogP contribution in [-0.4, -0.2) is 16.9 Å². The third kappa shape index (κ3) is 3.46. The summed E-state index contributed by atoms with van der Waals surface area (Å²) in [5, 5.41) is 8.56. The Morgan fingerprint density at radius 1 is 1.11 bits per heavy atom. The summed E-state index contributed by atoms with van der Waals surface area (Å²) in [5.74, 6) is 1.58. The summed E-state index contributed by atoms with van der Waals surface area (Å²) in [6.07, 6.45) is 11.1. The first-order valence-corrected chi connectivity index (χ1v) is 7.50. The first kappa shape index (κ1) is 14.3. The fourth-order valence-electron chi connectivity index (χ4n) is 3.93. The number of fused-ring (bicyclic) bond motifs is 2. The van der Waals surface area contributed by atoms with Gasteiger partial charge in [0.05, 0.1) is 0 Å². The van der Waals surface area contributed by atoms with Crippen molar-refractivity contribution in [1.82, 2.24) is 0 Å². The summed E-state index contributed by atoms with van der Waals surface area (Å²) in [5.41, 5.74) is 0. The Labute approximate surface area is 115 Å². The maximum absolute atomic E-state index is 11.8. The smallest absolute Gasteiger partial charge is 0.303 e. The summed E-state index contributed by atoms with van der Waals surface area (Å²) in [6, 6.07) is 0. The zero-order valence-corrected chi connectivity index (χ0v) is 11.7. The number of hydrogen-bond acceptors (Lipinski definition) is 2. The molecule has 0 heterocycles. The van der Waals surface area contributed by atoms with Crippen LogP contribution in [0, 0.1) is 23.7 Å². The van der Waals surface area contributed by atoms with Crippen LogP contribution < -0.4 is 0 Å². The van der Waals surface area contributed by atoms with E-state index in [0.29, 0.717) is 23.5 Å². The van der Waals surface area contributed by atoms with Crippen LogP contribution in [0.2, 0.25) is 0 Å². The van der Waals surface area contributed by atoms with Crippen molar-refractivity contribution in [2.75, 3.05) is 0 Å². The lowest BCUT2D eigenvalue weighted by Gasteiger charge is -2.26.